The van der Waals surface area contributed by atoms with E-state index in [0.717, 1.165) is 0 Å². The van der Waals surface area contributed by atoms with Crippen molar-refractivity contribution in [2.45, 2.75) is 13.8 Å². The molecule has 0 amide bonds. The van der Waals surface area contributed by atoms with Gasteiger partial charge in [-0.2, -0.15) is 0 Å². The van der Waals surface area contributed by atoms with Gasteiger partial charge in [0.1, 0.15) is 0 Å². The number of rotatable bonds is 2. The fourth-order valence-corrected chi connectivity index (χ4v) is 6.58. The van der Waals surface area contributed by atoms with Gasteiger partial charge in [0, 0.05) is 0 Å². The minimum Gasteiger partial charge on any atom is -0.0616 e. The molecule has 0 bridgehead atoms. The highest BCUT2D eigenvalue weighted by Gasteiger charge is 2.22. The first-order valence-corrected chi connectivity index (χ1v) is 13.4. The third kappa shape index (κ3) is 2.92. The van der Waals surface area contributed by atoms with E-state index in [9.17, 15) is 0 Å². The molecular weight excluding hydrogens is 456 g/mol. The Morgan fingerprint density at radius 3 is 1.61 bits per heavy atom. The molecule has 0 radical (unpaired) electrons. The lowest BCUT2D eigenvalue weighted by atomic mass is 9.80. The molecular formula is C38H26. The molecule has 0 heterocycles. The normalized spacial score (nSPS) is 11.9. The molecule has 0 saturated carbocycles. The lowest BCUT2D eigenvalue weighted by molar-refractivity contribution is 1.47. The van der Waals surface area contributed by atoms with Crippen LogP contribution in [0.15, 0.2) is 121 Å². The van der Waals surface area contributed by atoms with Gasteiger partial charge in [-0.3, -0.25) is 0 Å². The molecule has 0 nitrogen and oxygen atoms in total. The highest BCUT2D eigenvalue weighted by molar-refractivity contribution is 6.41. The van der Waals surface area contributed by atoms with Crippen LogP contribution < -0.4 is 0 Å². The summed E-state index contributed by atoms with van der Waals surface area (Å²) in [5.74, 6) is 0. The molecule has 0 spiro atoms. The maximum absolute atomic E-state index is 2.36. The molecule has 0 aliphatic heterocycles. The van der Waals surface area contributed by atoms with Gasteiger partial charge in [0.2, 0.25) is 0 Å². The van der Waals surface area contributed by atoms with Crippen LogP contribution in [0.5, 0.6) is 0 Å². The van der Waals surface area contributed by atoms with Crippen molar-refractivity contribution >= 4 is 53.9 Å². The lowest BCUT2D eigenvalue weighted by Gasteiger charge is -2.22. The number of hydrogen-bond donors (Lipinski definition) is 0. The van der Waals surface area contributed by atoms with Gasteiger partial charge >= 0.3 is 0 Å². The topological polar surface area (TPSA) is 0 Å². The third-order valence-electron chi connectivity index (χ3n) is 8.34. The van der Waals surface area contributed by atoms with E-state index in [1.807, 2.05) is 0 Å². The maximum Gasteiger partial charge on any atom is -0.000741 e. The molecule has 0 fully saturated rings. The molecule has 0 aliphatic carbocycles. The molecule has 38 heavy (non-hydrogen) atoms. The first kappa shape index (κ1) is 21.4. The van der Waals surface area contributed by atoms with Crippen molar-refractivity contribution in [3.8, 4) is 22.3 Å². The summed E-state index contributed by atoms with van der Waals surface area (Å²) in [6.45, 7) is 4.32. The third-order valence-corrected chi connectivity index (χ3v) is 8.34. The number of hydrogen-bond acceptors (Lipinski definition) is 0. The van der Waals surface area contributed by atoms with Gasteiger partial charge in [0.05, 0.1) is 0 Å². The van der Waals surface area contributed by atoms with Crippen LogP contribution in [-0.4, -0.2) is 0 Å². The zero-order valence-electron chi connectivity index (χ0n) is 21.5. The van der Waals surface area contributed by atoms with Crippen LogP contribution in [0.25, 0.3) is 76.1 Å². The molecule has 8 rings (SSSR count). The van der Waals surface area contributed by atoms with E-state index in [4.69, 9.17) is 0 Å². The van der Waals surface area contributed by atoms with Crippen LogP contribution in [0.1, 0.15) is 11.1 Å². The monoisotopic (exact) mass is 482 g/mol. The molecule has 0 unspecified atom stereocenters. The standard InChI is InChI=1S/C38H26/c1-23-13-17-25(18-14-23)28-21-22-32-29-11-5-7-26-8-6-12-33(34(26)29)36-31-10-4-3-9-30(31)35(37(28)38(32)36)27-19-15-24(2)16-20-27/h3-22H,1-2H3. The van der Waals surface area contributed by atoms with Crippen LogP contribution in [0, 0.1) is 13.8 Å². The Kier molecular flexibility index (Phi) is 4.46. The summed E-state index contributed by atoms with van der Waals surface area (Å²) >= 11 is 0. The molecule has 8 aromatic carbocycles. The van der Waals surface area contributed by atoms with Crippen LogP contribution in [0.3, 0.4) is 0 Å². The smallest absolute Gasteiger partial charge is 0.000741 e. The van der Waals surface area contributed by atoms with E-state index in [2.05, 4.69) is 135 Å². The van der Waals surface area contributed by atoms with Crippen molar-refractivity contribution in [2.24, 2.45) is 0 Å². The summed E-state index contributed by atoms with van der Waals surface area (Å²) in [7, 11) is 0. The van der Waals surface area contributed by atoms with Crippen LogP contribution in [-0.2, 0) is 0 Å². The predicted octanol–water partition coefficient (Wildman–Crippen LogP) is 10.8. The minimum absolute atomic E-state index is 1.26. The van der Waals surface area contributed by atoms with E-state index >= 15 is 0 Å². The van der Waals surface area contributed by atoms with Crippen LogP contribution >= 0.6 is 0 Å². The lowest BCUT2D eigenvalue weighted by Crippen LogP contribution is -1.94. The average molecular weight is 483 g/mol. The van der Waals surface area contributed by atoms with Gasteiger partial charge < -0.3 is 0 Å². The Hall–Kier alpha value is -4.68. The first-order valence-electron chi connectivity index (χ1n) is 13.4. The fraction of sp³-hybridized carbons (Fsp3) is 0.0526. The largest absolute Gasteiger partial charge is 0.0616 e. The molecule has 178 valence electrons. The number of benzene rings is 8. The zero-order chi connectivity index (χ0) is 25.4. The maximum atomic E-state index is 2.36. The van der Waals surface area contributed by atoms with E-state index in [1.165, 1.54) is 87.2 Å². The second-order valence-electron chi connectivity index (χ2n) is 10.6. The van der Waals surface area contributed by atoms with Gasteiger partial charge in [-0.15, -0.1) is 0 Å². The van der Waals surface area contributed by atoms with Gasteiger partial charge in [-0.1, -0.05) is 132 Å². The summed E-state index contributed by atoms with van der Waals surface area (Å²) in [5.41, 5.74) is 7.69. The van der Waals surface area contributed by atoms with Crippen molar-refractivity contribution in [3.05, 3.63) is 132 Å². The minimum atomic E-state index is 1.26. The highest BCUT2D eigenvalue weighted by Crippen LogP contribution is 2.50. The average Bonchev–Trinajstić information content (AvgIpc) is 2.96. The summed E-state index contributed by atoms with van der Waals surface area (Å²) in [6.07, 6.45) is 0. The summed E-state index contributed by atoms with van der Waals surface area (Å²) in [5, 5.41) is 13.3. The Bertz CT molecular complexity index is 2160. The van der Waals surface area contributed by atoms with Crippen molar-refractivity contribution in [1.29, 1.82) is 0 Å². The summed E-state index contributed by atoms with van der Waals surface area (Å²) < 4.78 is 0. The van der Waals surface area contributed by atoms with E-state index in [-0.39, 0.29) is 0 Å². The molecule has 0 aliphatic rings. The Balaban J connectivity index is 1.72. The van der Waals surface area contributed by atoms with Crippen molar-refractivity contribution in [2.75, 3.05) is 0 Å². The predicted molar refractivity (Wildman–Crippen MR) is 166 cm³/mol. The number of fused-ring (bicyclic) bond motifs is 4. The van der Waals surface area contributed by atoms with Crippen molar-refractivity contribution in [3.63, 3.8) is 0 Å². The second kappa shape index (κ2) is 7.91. The molecule has 0 atom stereocenters. The molecule has 0 N–H and O–H groups in total. The van der Waals surface area contributed by atoms with Crippen molar-refractivity contribution < 1.29 is 0 Å². The van der Waals surface area contributed by atoms with E-state index < -0.39 is 0 Å². The second-order valence-corrected chi connectivity index (χ2v) is 10.6. The van der Waals surface area contributed by atoms with Gasteiger partial charge in [0.25, 0.3) is 0 Å². The summed E-state index contributed by atoms with van der Waals surface area (Å²) in [6, 6.07) is 45.3. The molecule has 0 heteroatoms. The summed E-state index contributed by atoms with van der Waals surface area (Å²) in [4.78, 5) is 0. The van der Waals surface area contributed by atoms with Crippen LogP contribution in [0.4, 0.5) is 0 Å². The first-order chi connectivity index (χ1) is 18.7. The van der Waals surface area contributed by atoms with Crippen molar-refractivity contribution in [1.82, 2.24) is 0 Å². The number of aryl methyl sites for hydroxylation is 2. The van der Waals surface area contributed by atoms with Gasteiger partial charge in [-0.25, -0.2) is 0 Å². The Labute approximate surface area is 222 Å². The quantitative estimate of drug-likeness (QED) is 0.170. The molecule has 0 saturated heterocycles. The van der Waals surface area contributed by atoms with Gasteiger partial charge in [-0.05, 0) is 90.0 Å². The zero-order valence-corrected chi connectivity index (χ0v) is 21.5. The van der Waals surface area contributed by atoms with E-state index in [1.54, 1.807) is 0 Å². The SMILES string of the molecule is Cc1ccc(-c2ccc3c4cccc5cccc(c54)c4c5ccccc5c(-c5ccc(C)cc5)c2c34)cc1. The Morgan fingerprint density at radius 2 is 0.895 bits per heavy atom. The highest BCUT2D eigenvalue weighted by atomic mass is 14.2. The molecule has 0 aromatic heterocycles. The van der Waals surface area contributed by atoms with Crippen LogP contribution in [0.2, 0.25) is 0 Å². The van der Waals surface area contributed by atoms with E-state index in [0.29, 0.717) is 0 Å². The van der Waals surface area contributed by atoms with Gasteiger partial charge in [0.15, 0.2) is 0 Å². The molecule has 8 aromatic rings. The Morgan fingerprint density at radius 1 is 0.342 bits per heavy atom. The fourth-order valence-electron chi connectivity index (χ4n) is 6.58.